The van der Waals surface area contributed by atoms with Crippen molar-refractivity contribution in [1.29, 1.82) is 0 Å². The summed E-state index contributed by atoms with van der Waals surface area (Å²) >= 11 is 7.39. The summed E-state index contributed by atoms with van der Waals surface area (Å²) < 4.78 is 40.7. The topological polar surface area (TPSA) is 36.4 Å². The average molecular weight is 432 g/mol. The van der Waals surface area contributed by atoms with Gasteiger partial charge in [-0.3, -0.25) is 4.79 Å². The SMILES string of the molecule is CCN(Cc1ccc(Cl)s1)C(=O)C1CCCN(c2ncccc2C(F)(F)F)C1. The van der Waals surface area contributed by atoms with Gasteiger partial charge in [-0.1, -0.05) is 11.6 Å². The second kappa shape index (κ2) is 8.69. The summed E-state index contributed by atoms with van der Waals surface area (Å²) in [7, 11) is 0. The molecule has 152 valence electrons. The van der Waals surface area contributed by atoms with E-state index in [1.165, 1.54) is 23.6 Å². The van der Waals surface area contributed by atoms with Crippen LogP contribution in [0.1, 0.15) is 30.2 Å². The molecule has 4 nitrogen and oxygen atoms in total. The lowest BCUT2D eigenvalue weighted by Crippen LogP contribution is -2.45. The zero-order chi connectivity index (χ0) is 20.3. The molecule has 1 aliphatic rings. The second-order valence-corrected chi connectivity index (χ2v) is 8.52. The lowest BCUT2D eigenvalue weighted by Gasteiger charge is -2.36. The Morgan fingerprint density at radius 2 is 2.18 bits per heavy atom. The van der Waals surface area contributed by atoms with E-state index in [1.54, 1.807) is 15.9 Å². The molecule has 0 aliphatic carbocycles. The van der Waals surface area contributed by atoms with E-state index in [2.05, 4.69) is 4.98 Å². The number of halogens is 4. The molecule has 1 fully saturated rings. The van der Waals surface area contributed by atoms with Crippen molar-refractivity contribution in [3.63, 3.8) is 0 Å². The van der Waals surface area contributed by atoms with E-state index in [9.17, 15) is 18.0 Å². The highest BCUT2D eigenvalue weighted by Gasteiger charge is 2.37. The molecule has 0 aromatic carbocycles. The van der Waals surface area contributed by atoms with Crippen molar-refractivity contribution in [3.8, 4) is 0 Å². The van der Waals surface area contributed by atoms with Crippen LogP contribution < -0.4 is 4.90 Å². The van der Waals surface area contributed by atoms with Gasteiger partial charge in [0.25, 0.3) is 0 Å². The van der Waals surface area contributed by atoms with Crippen molar-refractivity contribution >= 4 is 34.7 Å². The smallest absolute Gasteiger partial charge is 0.355 e. The monoisotopic (exact) mass is 431 g/mol. The summed E-state index contributed by atoms with van der Waals surface area (Å²) in [5.74, 6) is -0.492. The van der Waals surface area contributed by atoms with Crippen molar-refractivity contribution in [2.24, 2.45) is 5.92 Å². The standard InChI is InChI=1S/C19H21ClF3N3OS/c1-2-25(12-14-7-8-16(20)28-14)18(27)13-5-4-10-26(11-13)17-15(19(21,22)23)6-3-9-24-17/h3,6-9,13H,2,4-5,10-12H2,1H3. The Morgan fingerprint density at radius 1 is 1.39 bits per heavy atom. The van der Waals surface area contributed by atoms with Crippen molar-refractivity contribution in [2.75, 3.05) is 24.5 Å². The Morgan fingerprint density at radius 3 is 2.82 bits per heavy atom. The van der Waals surface area contributed by atoms with Gasteiger partial charge in [0.05, 0.1) is 22.4 Å². The number of pyridine rings is 1. The van der Waals surface area contributed by atoms with Crippen LogP contribution in [0.4, 0.5) is 19.0 Å². The van der Waals surface area contributed by atoms with E-state index in [4.69, 9.17) is 11.6 Å². The molecule has 3 heterocycles. The van der Waals surface area contributed by atoms with Crippen molar-refractivity contribution in [2.45, 2.75) is 32.5 Å². The Labute approximate surface area is 170 Å². The molecule has 9 heteroatoms. The molecule has 0 spiro atoms. The number of rotatable bonds is 5. The number of hydrogen-bond donors (Lipinski definition) is 0. The minimum absolute atomic E-state index is 0.0405. The van der Waals surface area contributed by atoms with Gasteiger partial charge in [0.2, 0.25) is 5.91 Å². The minimum atomic E-state index is -4.48. The van der Waals surface area contributed by atoms with E-state index in [-0.39, 0.29) is 24.2 Å². The van der Waals surface area contributed by atoms with E-state index >= 15 is 0 Å². The molecular formula is C19H21ClF3N3OS. The fraction of sp³-hybridized carbons (Fsp3) is 0.474. The Hall–Kier alpha value is -1.80. The third-order valence-corrected chi connectivity index (χ3v) is 6.05. The maximum absolute atomic E-state index is 13.3. The van der Waals surface area contributed by atoms with Crippen LogP contribution in [0.5, 0.6) is 0 Å². The van der Waals surface area contributed by atoms with Gasteiger partial charge in [-0.2, -0.15) is 13.2 Å². The van der Waals surface area contributed by atoms with E-state index < -0.39 is 11.7 Å². The highest BCUT2D eigenvalue weighted by atomic mass is 35.5. The number of thiophene rings is 1. The summed E-state index contributed by atoms with van der Waals surface area (Å²) in [5.41, 5.74) is -0.760. The Bertz CT molecular complexity index is 827. The quantitative estimate of drug-likeness (QED) is 0.662. The third-order valence-electron chi connectivity index (χ3n) is 4.83. The highest BCUT2D eigenvalue weighted by Crippen LogP contribution is 2.36. The zero-order valence-electron chi connectivity index (χ0n) is 15.4. The number of carbonyl (C=O) groups is 1. The van der Waals surface area contributed by atoms with Crippen molar-refractivity contribution < 1.29 is 18.0 Å². The molecule has 1 atom stereocenters. The van der Waals surface area contributed by atoms with Gasteiger partial charge in [0.15, 0.2) is 0 Å². The number of anilines is 1. The fourth-order valence-corrected chi connectivity index (χ4v) is 4.57. The third kappa shape index (κ3) is 4.78. The first-order valence-electron chi connectivity index (χ1n) is 9.09. The molecule has 1 amide bonds. The van der Waals surface area contributed by atoms with Crippen LogP contribution in [0.3, 0.4) is 0 Å². The molecule has 1 unspecified atom stereocenters. The van der Waals surface area contributed by atoms with Crippen molar-refractivity contribution in [1.82, 2.24) is 9.88 Å². The molecule has 2 aromatic heterocycles. The van der Waals surface area contributed by atoms with Gasteiger partial charge >= 0.3 is 6.18 Å². The number of carbonyl (C=O) groups excluding carboxylic acids is 1. The van der Waals surface area contributed by atoms with E-state index in [0.717, 1.165) is 10.9 Å². The lowest BCUT2D eigenvalue weighted by molar-refractivity contribution is -0.137. The van der Waals surface area contributed by atoms with Crippen LogP contribution in [0, 0.1) is 5.92 Å². The number of hydrogen-bond acceptors (Lipinski definition) is 4. The van der Waals surface area contributed by atoms with Gasteiger partial charge in [-0.15, -0.1) is 11.3 Å². The predicted octanol–water partition coefficient (Wildman–Crippen LogP) is 5.08. The maximum atomic E-state index is 13.3. The molecule has 0 radical (unpaired) electrons. The average Bonchev–Trinajstić information content (AvgIpc) is 3.10. The normalized spacial score (nSPS) is 17.6. The molecule has 2 aromatic rings. The first-order valence-corrected chi connectivity index (χ1v) is 10.3. The van der Waals surface area contributed by atoms with E-state index in [0.29, 0.717) is 36.8 Å². The molecule has 0 bridgehead atoms. The van der Waals surface area contributed by atoms with Crippen LogP contribution >= 0.6 is 22.9 Å². The lowest BCUT2D eigenvalue weighted by atomic mass is 9.96. The van der Waals surface area contributed by atoms with Crippen LogP contribution in [-0.2, 0) is 17.5 Å². The van der Waals surface area contributed by atoms with Gasteiger partial charge in [0, 0.05) is 30.7 Å². The van der Waals surface area contributed by atoms with Gasteiger partial charge in [0.1, 0.15) is 5.82 Å². The van der Waals surface area contributed by atoms with Crippen LogP contribution in [0.2, 0.25) is 4.34 Å². The zero-order valence-corrected chi connectivity index (χ0v) is 16.9. The summed E-state index contributed by atoms with van der Waals surface area (Å²) in [6.07, 6.45) is -1.82. The number of nitrogens with zero attached hydrogens (tertiary/aromatic N) is 3. The molecule has 0 saturated carbocycles. The molecular weight excluding hydrogens is 411 g/mol. The molecule has 3 rings (SSSR count). The Balaban J connectivity index is 1.75. The minimum Gasteiger partial charge on any atom is -0.355 e. The summed E-state index contributed by atoms with van der Waals surface area (Å²) in [6, 6.07) is 6.00. The summed E-state index contributed by atoms with van der Waals surface area (Å²) in [4.78, 5) is 21.3. The highest BCUT2D eigenvalue weighted by molar-refractivity contribution is 7.16. The van der Waals surface area contributed by atoms with Gasteiger partial charge in [-0.25, -0.2) is 4.98 Å². The van der Waals surface area contributed by atoms with Crippen LogP contribution in [0.25, 0.3) is 0 Å². The van der Waals surface area contributed by atoms with Crippen LogP contribution in [0.15, 0.2) is 30.5 Å². The number of aromatic nitrogens is 1. The van der Waals surface area contributed by atoms with Gasteiger partial charge < -0.3 is 9.80 Å². The van der Waals surface area contributed by atoms with Crippen molar-refractivity contribution in [3.05, 3.63) is 45.2 Å². The number of piperidine rings is 1. The maximum Gasteiger partial charge on any atom is 0.419 e. The largest absolute Gasteiger partial charge is 0.419 e. The summed E-state index contributed by atoms with van der Waals surface area (Å²) in [6.45, 7) is 3.58. The first kappa shape index (κ1) is 20.9. The number of amides is 1. The molecule has 1 saturated heterocycles. The first-order chi connectivity index (χ1) is 13.3. The van der Waals surface area contributed by atoms with E-state index in [1.807, 2.05) is 13.0 Å². The molecule has 0 N–H and O–H groups in total. The van der Waals surface area contributed by atoms with Gasteiger partial charge in [-0.05, 0) is 44.0 Å². The second-order valence-electron chi connectivity index (χ2n) is 6.72. The number of alkyl halides is 3. The molecule has 1 aliphatic heterocycles. The summed E-state index contributed by atoms with van der Waals surface area (Å²) in [5, 5.41) is 0. The predicted molar refractivity (Wildman–Crippen MR) is 105 cm³/mol. The fourth-order valence-electron chi connectivity index (χ4n) is 3.47. The van der Waals surface area contributed by atoms with Crippen LogP contribution in [-0.4, -0.2) is 35.4 Å². The molecule has 28 heavy (non-hydrogen) atoms. The Kier molecular flexibility index (Phi) is 6.50.